The zero-order valence-corrected chi connectivity index (χ0v) is 13.0. The number of hydrogen-bond acceptors (Lipinski definition) is 5. The summed E-state index contributed by atoms with van der Waals surface area (Å²) in [5.74, 6) is 0.732. The van der Waals surface area contributed by atoms with Gasteiger partial charge in [0.05, 0.1) is 13.0 Å². The average Bonchev–Trinajstić information content (AvgIpc) is 2.53. The van der Waals surface area contributed by atoms with Crippen LogP contribution in [0.4, 0.5) is 0 Å². The van der Waals surface area contributed by atoms with Crippen LogP contribution in [-0.2, 0) is 11.3 Å². The van der Waals surface area contributed by atoms with E-state index in [1.165, 1.54) is 7.11 Å². The van der Waals surface area contributed by atoms with Crippen molar-refractivity contribution in [3.63, 3.8) is 0 Å². The fraction of sp³-hybridized carbons (Fsp3) is 0.562. The summed E-state index contributed by atoms with van der Waals surface area (Å²) in [6.07, 6.45) is 1.92. The number of likely N-dealkylation sites (tertiary alicyclic amines) is 1. The molecule has 6 heteroatoms. The van der Waals surface area contributed by atoms with Crippen molar-refractivity contribution in [3.8, 4) is 11.5 Å². The molecule has 6 nitrogen and oxygen atoms in total. The molecule has 1 saturated heterocycles. The number of aromatic hydroxyl groups is 1. The van der Waals surface area contributed by atoms with Gasteiger partial charge >= 0.3 is 0 Å². The predicted octanol–water partition coefficient (Wildman–Crippen LogP) is 0.688. The Balaban J connectivity index is 1.92. The number of ether oxygens (including phenoxy) is 1. The van der Waals surface area contributed by atoms with Gasteiger partial charge in [0.15, 0.2) is 11.5 Å². The van der Waals surface area contributed by atoms with Gasteiger partial charge in [0, 0.05) is 26.2 Å². The smallest absolute Gasteiger partial charge is 0.224 e. The predicted molar refractivity (Wildman–Crippen MR) is 84.7 cm³/mol. The van der Waals surface area contributed by atoms with Crippen LogP contribution in [0.3, 0.4) is 0 Å². The molecule has 1 unspecified atom stereocenters. The van der Waals surface area contributed by atoms with Crippen molar-refractivity contribution >= 4 is 5.91 Å². The van der Waals surface area contributed by atoms with E-state index < -0.39 is 0 Å². The van der Waals surface area contributed by atoms with Gasteiger partial charge in [-0.15, -0.1) is 0 Å². The highest BCUT2D eigenvalue weighted by molar-refractivity contribution is 5.78. The number of nitrogens with one attached hydrogen (secondary N) is 1. The molecule has 1 aliphatic rings. The minimum atomic E-state index is 0.0205. The number of hydrogen-bond donors (Lipinski definition) is 3. The number of benzene rings is 1. The highest BCUT2D eigenvalue weighted by atomic mass is 16.5. The molecule has 1 fully saturated rings. The lowest BCUT2D eigenvalue weighted by Gasteiger charge is -2.32. The van der Waals surface area contributed by atoms with Crippen LogP contribution in [0.2, 0.25) is 0 Å². The first-order valence-corrected chi connectivity index (χ1v) is 7.70. The Hall–Kier alpha value is -1.79. The number of carbonyl (C=O) groups is 1. The first kappa shape index (κ1) is 16.6. The molecule has 4 N–H and O–H groups in total. The van der Waals surface area contributed by atoms with E-state index in [9.17, 15) is 9.90 Å². The Morgan fingerprint density at radius 3 is 3.05 bits per heavy atom. The molecular weight excluding hydrogens is 282 g/mol. The minimum Gasteiger partial charge on any atom is -0.504 e. The second-order valence-corrected chi connectivity index (χ2v) is 5.66. The molecule has 122 valence electrons. The Morgan fingerprint density at radius 1 is 1.55 bits per heavy atom. The van der Waals surface area contributed by atoms with E-state index in [1.807, 2.05) is 6.07 Å². The SMILES string of the molecule is COc1ccc(CN2CCCC(C(=O)NCCN)C2)cc1O. The quantitative estimate of drug-likeness (QED) is 0.719. The van der Waals surface area contributed by atoms with Gasteiger partial charge in [0.1, 0.15) is 0 Å². The molecule has 2 rings (SSSR count). The topological polar surface area (TPSA) is 87.8 Å². The van der Waals surface area contributed by atoms with Crippen LogP contribution in [0, 0.1) is 5.92 Å². The van der Waals surface area contributed by atoms with E-state index in [0.717, 1.165) is 38.0 Å². The maximum atomic E-state index is 12.0. The summed E-state index contributed by atoms with van der Waals surface area (Å²) >= 11 is 0. The van der Waals surface area contributed by atoms with Gasteiger partial charge in [0.2, 0.25) is 5.91 Å². The zero-order valence-electron chi connectivity index (χ0n) is 13.0. The van der Waals surface area contributed by atoms with Crippen LogP contribution in [0.15, 0.2) is 18.2 Å². The fourth-order valence-corrected chi connectivity index (χ4v) is 2.84. The molecule has 0 spiro atoms. The van der Waals surface area contributed by atoms with Crippen molar-refractivity contribution in [1.82, 2.24) is 10.2 Å². The number of nitrogens with zero attached hydrogens (tertiary/aromatic N) is 1. The first-order valence-electron chi connectivity index (χ1n) is 7.70. The Kier molecular flexibility index (Phi) is 6.03. The molecule has 0 aliphatic carbocycles. The lowest BCUT2D eigenvalue weighted by atomic mass is 9.96. The van der Waals surface area contributed by atoms with Crippen molar-refractivity contribution in [2.75, 3.05) is 33.3 Å². The lowest BCUT2D eigenvalue weighted by Crippen LogP contribution is -2.43. The molecule has 0 radical (unpaired) electrons. The Labute approximate surface area is 131 Å². The summed E-state index contributed by atoms with van der Waals surface area (Å²) in [4.78, 5) is 14.3. The Morgan fingerprint density at radius 2 is 2.36 bits per heavy atom. The summed E-state index contributed by atoms with van der Waals surface area (Å²) in [5, 5.41) is 12.7. The molecule has 0 aromatic heterocycles. The van der Waals surface area contributed by atoms with E-state index in [-0.39, 0.29) is 17.6 Å². The van der Waals surface area contributed by atoms with Crippen molar-refractivity contribution < 1.29 is 14.6 Å². The normalized spacial score (nSPS) is 18.9. The van der Waals surface area contributed by atoms with Crippen LogP contribution in [-0.4, -0.2) is 49.2 Å². The van der Waals surface area contributed by atoms with Gasteiger partial charge in [-0.1, -0.05) is 6.07 Å². The van der Waals surface area contributed by atoms with Crippen molar-refractivity contribution in [1.29, 1.82) is 0 Å². The standard InChI is InChI=1S/C16H25N3O3/c1-22-15-5-4-12(9-14(15)20)10-19-8-2-3-13(11-19)16(21)18-7-6-17/h4-5,9,13,20H,2-3,6-8,10-11,17H2,1H3,(H,18,21). The molecule has 1 heterocycles. The van der Waals surface area contributed by atoms with Crippen LogP contribution < -0.4 is 15.8 Å². The van der Waals surface area contributed by atoms with Crippen LogP contribution >= 0.6 is 0 Å². The highest BCUT2D eigenvalue weighted by Crippen LogP contribution is 2.27. The van der Waals surface area contributed by atoms with E-state index in [1.54, 1.807) is 12.1 Å². The van der Waals surface area contributed by atoms with Gasteiger partial charge < -0.3 is 20.9 Å². The Bertz CT molecular complexity index is 507. The van der Waals surface area contributed by atoms with Gasteiger partial charge in [-0.25, -0.2) is 0 Å². The number of amides is 1. The number of phenols is 1. The number of methoxy groups -OCH3 is 1. The first-order chi connectivity index (χ1) is 10.6. The van der Waals surface area contributed by atoms with E-state index in [4.69, 9.17) is 10.5 Å². The van der Waals surface area contributed by atoms with Crippen LogP contribution in [0.1, 0.15) is 18.4 Å². The third-order valence-electron chi connectivity index (χ3n) is 3.97. The van der Waals surface area contributed by atoms with Crippen molar-refractivity contribution in [2.24, 2.45) is 11.7 Å². The molecule has 0 saturated carbocycles. The van der Waals surface area contributed by atoms with Gasteiger partial charge in [-0.2, -0.15) is 0 Å². The maximum absolute atomic E-state index is 12.0. The molecular formula is C16H25N3O3. The van der Waals surface area contributed by atoms with Crippen LogP contribution in [0.5, 0.6) is 11.5 Å². The third-order valence-corrected chi connectivity index (χ3v) is 3.97. The summed E-state index contributed by atoms with van der Waals surface area (Å²) in [6.45, 7) is 3.42. The fourth-order valence-electron chi connectivity index (χ4n) is 2.84. The average molecular weight is 307 g/mol. The minimum absolute atomic E-state index is 0.0205. The van der Waals surface area contributed by atoms with E-state index in [2.05, 4.69) is 10.2 Å². The molecule has 1 atom stereocenters. The summed E-state index contributed by atoms with van der Waals surface area (Å²) in [6, 6.07) is 5.42. The number of phenolic OH excluding ortho intramolecular Hbond substituents is 1. The lowest BCUT2D eigenvalue weighted by molar-refractivity contribution is -0.126. The second-order valence-electron chi connectivity index (χ2n) is 5.66. The molecule has 1 aliphatic heterocycles. The highest BCUT2D eigenvalue weighted by Gasteiger charge is 2.25. The summed E-state index contributed by atoms with van der Waals surface area (Å²) in [7, 11) is 1.53. The number of rotatable bonds is 6. The maximum Gasteiger partial charge on any atom is 0.224 e. The molecule has 1 amide bonds. The number of piperidine rings is 1. The largest absolute Gasteiger partial charge is 0.504 e. The molecule has 1 aromatic rings. The van der Waals surface area contributed by atoms with E-state index in [0.29, 0.717) is 18.8 Å². The number of nitrogens with two attached hydrogens (primary N) is 1. The monoisotopic (exact) mass is 307 g/mol. The van der Waals surface area contributed by atoms with Crippen molar-refractivity contribution in [3.05, 3.63) is 23.8 Å². The second kappa shape index (κ2) is 8.00. The van der Waals surface area contributed by atoms with Gasteiger partial charge in [-0.05, 0) is 37.1 Å². The van der Waals surface area contributed by atoms with Gasteiger partial charge in [-0.3, -0.25) is 9.69 Å². The molecule has 1 aromatic carbocycles. The van der Waals surface area contributed by atoms with E-state index >= 15 is 0 Å². The zero-order chi connectivity index (χ0) is 15.9. The van der Waals surface area contributed by atoms with Gasteiger partial charge in [0.25, 0.3) is 0 Å². The molecule has 0 bridgehead atoms. The molecule has 22 heavy (non-hydrogen) atoms. The third kappa shape index (κ3) is 4.35. The summed E-state index contributed by atoms with van der Waals surface area (Å²) in [5.41, 5.74) is 6.43. The summed E-state index contributed by atoms with van der Waals surface area (Å²) < 4.78 is 5.05. The number of carbonyl (C=O) groups excluding carboxylic acids is 1. The van der Waals surface area contributed by atoms with Crippen molar-refractivity contribution in [2.45, 2.75) is 19.4 Å². The van der Waals surface area contributed by atoms with Crippen LogP contribution in [0.25, 0.3) is 0 Å².